The van der Waals surface area contributed by atoms with Crippen LogP contribution in [0.1, 0.15) is 78.1 Å². The molecule has 0 aliphatic heterocycles. The monoisotopic (exact) mass is 262 g/mol. The summed E-state index contributed by atoms with van der Waals surface area (Å²) in [7, 11) is 0. The molecule has 110 valence electrons. The normalized spacial score (nSPS) is 11.0. The predicted octanol–water partition coefficient (Wildman–Crippen LogP) is 4.74. The van der Waals surface area contributed by atoms with Gasteiger partial charge in [0, 0.05) is 0 Å². The second-order valence-corrected chi connectivity index (χ2v) is 4.55. The lowest BCUT2D eigenvalue weighted by molar-refractivity contribution is -0.633. The van der Waals surface area contributed by atoms with Crippen LogP contribution in [0, 0.1) is 0 Å². The minimum Gasteiger partial charge on any atom is -0.204 e. The van der Waals surface area contributed by atoms with Crippen molar-refractivity contribution in [3.05, 3.63) is 0 Å². The fourth-order valence-corrected chi connectivity index (χ4v) is 1.77. The molecule has 0 radical (unpaired) electrons. The average Bonchev–Trinajstić information content (AvgIpc) is 2.39. The van der Waals surface area contributed by atoms with Crippen molar-refractivity contribution in [2.24, 2.45) is 0 Å². The molecule has 0 saturated heterocycles. The quantitative estimate of drug-likeness (QED) is 0.243. The zero-order chi connectivity index (χ0) is 13.3. The SMILES string of the molecule is CCCCCCCCCCCCOOOOCC. The topological polar surface area (TPSA) is 36.9 Å². The molecule has 4 heteroatoms. The van der Waals surface area contributed by atoms with Gasteiger partial charge in [-0.05, 0) is 23.4 Å². The molecule has 0 aliphatic rings. The summed E-state index contributed by atoms with van der Waals surface area (Å²) in [4.78, 5) is 9.25. The van der Waals surface area contributed by atoms with Gasteiger partial charge < -0.3 is 0 Å². The van der Waals surface area contributed by atoms with Crippen molar-refractivity contribution >= 4 is 0 Å². The number of rotatable bonds is 15. The van der Waals surface area contributed by atoms with E-state index in [1.807, 2.05) is 6.92 Å². The highest BCUT2D eigenvalue weighted by Gasteiger charge is 1.94. The van der Waals surface area contributed by atoms with Crippen LogP contribution >= 0.6 is 0 Å². The zero-order valence-electron chi connectivity index (χ0n) is 12.1. The number of unbranched alkanes of at least 4 members (excludes halogenated alkanes) is 9. The summed E-state index contributed by atoms with van der Waals surface area (Å²) in [5.74, 6) is 0. The summed E-state index contributed by atoms with van der Waals surface area (Å²) >= 11 is 0. The van der Waals surface area contributed by atoms with Crippen LogP contribution in [0.25, 0.3) is 0 Å². The van der Waals surface area contributed by atoms with Crippen LogP contribution < -0.4 is 0 Å². The lowest BCUT2D eigenvalue weighted by Gasteiger charge is -2.02. The van der Waals surface area contributed by atoms with Crippen LogP contribution in [-0.4, -0.2) is 13.2 Å². The van der Waals surface area contributed by atoms with Gasteiger partial charge in [0.15, 0.2) is 0 Å². The third kappa shape index (κ3) is 15.8. The summed E-state index contributed by atoms with van der Waals surface area (Å²) in [5.41, 5.74) is 0. The molecule has 0 fully saturated rings. The molecule has 0 unspecified atom stereocenters. The second-order valence-electron chi connectivity index (χ2n) is 4.55. The third-order valence-electron chi connectivity index (χ3n) is 2.82. The maximum Gasteiger partial charge on any atom is 0.0854 e. The Morgan fingerprint density at radius 2 is 1.06 bits per heavy atom. The molecule has 0 rings (SSSR count). The van der Waals surface area contributed by atoms with E-state index in [-0.39, 0.29) is 0 Å². The highest BCUT2D eigenvalue weighted by Crippen LogP contribution is 2.10. The zero-order valence-corrected chi connectivity index (χ0v) is 12.1. The van der Waals surface area contributed by atoms with Gasteiger partial charge in [0.25, 0.3) is 0 Å². The van der Waals surface area contributed by atoms with E-state index < -0.39 is 0 Å². The maximum atomic E-state index is 4.76. The maximum absolute atomic E-state index is 4.76. The van der Waals surface area contributed by atoms with Crippen molar-refractivity contribution in [2.45, 2.75) is 78.1 Å². The predicted molar refractivity (Wildman–Crippen MR) is 71.6 cm³/mol. The molecule has 0 aromatic carbocycles. The Labute approximate surface area is 112 Å². The molecule has 0 saturated carbocycles. The first kappa shape index (κ1) is 17.8. The van der Waals surface area contributed by atoms with Crippen molar-refractivity contribution in [3.8, 4) is 0 Å². The van der Waals surface area contributed by atoms with Crippen LogP contribution in [0.4, 0.5) is 0 Å². The molecule has 0 aromatic heterocycles. The van der Waals surface area contributed by atoms with E-state index in [2.05, 4.69) is 21.9 Å². The molecule has 0 amide bonds. The molecule has 0 aromatic rings. The Balaban J connectivity index is 2.86. The van der Waals surface area contributed by atoms with Gasteiger partial charge in [0.05, 0.1) is 13.2 Å². The minimum atomic E-state index is 0.446. The molecule has 0 bridgehead atoms. The Morgan fingerprint density at radius 1 is 0.556 bits per heavy atom. The largest absolute Gasteiger partial charge is 0.204 e. The van der Waals surface area contributed by atoms with Crippen LogP contribution in [0.5, 0.6) is 0 Å². The fraction of sp³-hybridized carbons (Fsp3) is 1.00. The molecule has 0 aliphatic carbocycles. The summed E-state index contributed by atoms with van der Waals surface area (Å²) in [6.45, 7) is 5.07. The third-order valence-corrected chi connectivity index (χ3v) is 2.82. The Hall–Kier alpha value is -0.160. The lowest BCUT2D eigenvalue weighted by atomic mass is 10.1. The van der Waals surface area contributed by atoms with Gasteiger partial charge in [0.1, 0.15) is 0 Å². The summed E-state index contributed by atoms with van der Waals surface area (Å²) in [6.07, 6.45) is 13.1. The summed E-state index contributed by atoms with van der Waals surface area (Å²) in [6, 6.07) is 0. The molecular formula is C14H30O4. The van der Waals surface area contributed by atoms with Crippen molar-refractivity contribution in [3.63, 3.8) is 0 Å². The van der Waals surface area contributed by atoms with E-state index in [1.54, 1.807) is 0 Å². The molecule has 0 N–H and O–H groups in total. The smallest absolute Gasteiger partial charge is 0.0854 e. The highest BCUT2D eigenvalue weighted by atomic mass is 17.7. The first-order valence-corrected chi connectivity index (χ1v) is 7.49. The molecule has 4 nitrogen and oxygen atoms in total. The van der Waals surface area contributed by atoms with Crippen molar-refractivity contribution in [2.75, 3.05) is 13.2 Å². The van der Waals surface area contributed by atoms with Gasteiger partial charge in [-0.1, -0.05) is 64.7 Å². The second kappa shape index (κ2) is 16.8. The van der Waals surface area contributed by atoms with E-state index in [0.717, 1.165) is 6.42 Å². The minimum absolute atomic E-state index is 0.446. The molecular weight excluding hydrogens is 232 g/mol. The van der Waals surface area contributed by atoms with Crippen molar-refractivity contribution in [1.82, 2.24) is 0 Å². The van der Waals surface area contributed by atoms with Crippen LogP contribution in [0.3, 0.4) is 0 Å². The van der Waals surface area contributed by atoms with Crippen LogP contribution in [-0.2, 0) is 19.9 Å². The van der Waals surface area contributed by atoms with Gasteiger partial charge in [-0.25, -0.2) is 9.78 Å². The Bertz CT molecular complexity index is 126. The Kier molecular flexibility index (Phi) is 16.7. The lowest BCUT2D eigenvalue weighted by Crippen LogP contribution is -1.99. The van der Waals surface area contributed by atoms with E-state index >= 15 is 0 Å². The van der Waals surface area contributed by atoms with Crippen LogP contribution in [0.15, 0.2) is 0 Å². The first-order chi connectivity index (χ1) is 8.91. The van der Waals surface area contributed by atoms with Gasteiger partial charge in [0.2, 0.25) is 0 Å². The number of hydrogen-bond acceptors (Lipinski definition) is 4. The van der Waals surface area contributed by atoms with Gasteiger partial charge in [-0.3, -0.25) is 0 Å². The highest BCUT2D eigenvalue weighted by molar-refractivity contribution is 4.46. The van der Waals surface area contributed by atoms with E-state index in [0.29, 0.717) is 13.2 Å². The molecule has 0 spiro atoms. The van der Waals surface area contributed by atoms with Gasteiger partial charge >= 0.3 is 0 Å². The molecule has 0 heterocycles. The van der Waals surface area contributed by atoms with E-state index in [4.69, 9.17) is 4.89 Å². The summed E-state index contributed by atoms with van der Waals surface area (Å²) < 4.78 is 0. The van der Waals surface area contributed by atoms with E-state index in [9.17, 15) is 0 Å². The van der Waals surface area contributed by atoms with E-state index in [1.165, 1.54) is 57.8 Å². The Morgan fingerprint density at radius 3 is 1.61 bits per heavy atom. The molecule has 18 heavy (non-hydrogen) atoms. The first-order valence-electron chi connectivity index (χ1n) is 7.49. The fourth-order valence-electron chi connectivity index (χ4n) is 1.77. The standard InChI is InChI=1S/C14H30O4/c1-3-5-6-7-8-9-10-11-12-13-14-16-18-17-15-4-2/h3-14H2,1-2H3. The van der Waals surface area contributed by atoms with Gasteiger partial charge in [-0.15, -0.1) is 0 Å². The van der Waals surface area contributed by atoms with Crippen LogP contribution in [0.2, 0.25) is 0 Å². The van der Waals surface area contributed by atoms with Crippen molar-refractivity contribution in [1.29, 1.82) is 0 Å². The average molecular weight is 262 g/mol. The summed E-state index contributed by atoms with van der Waals surface area (Å²) in [5, 5.41) is 8.59. The molecule has 0 atom stereocenters. The van der Waals surface area contributed by atoms with Crippen molar-refractivity contribution < 1.29 is 19.9 Å². The number of hydrogen-bond donors (Lipinski definition) is 0. The van der Waals surface area contributed by atoms with Gasteiger partial charge in [-0.2, -0.15) is 0 Å².